The topological polar surface area (TPSA) is 29.5 Å². The zero-order valence-electron chi connectivity index (χ0n) is 15.1. The molecule has 2 aromatic carbocycles. The first-order chi connectivity index (χ1) is 12.7. The molecule has 1 fully saturated rings. The minimum Gasteiger partial charge on any atom is -0.381 e. The Morgan fingerprint density at radius 3 is 2.73 bits per heavy atom. The molecule has 1 saturated heterocycles. The summed E-state index contributed by atoms with van der Waals surface area (Å²) in [7, 11) is 0.783. The summed E-state index contributed by atoms with van der Waals surface area (Å²) < 4.78 is 18.4. The highest BCUT2D eigenvalue weighted by molar-refractivity contribution is 7.85. The normalized spacial score (nSPS) is 22.2. The first-order valence-electron chi connectivity index (χ1n) is 9.08. The predicted molar refractivity (Wildman–Crippen MR) is 108 cm³/mol. The van der Waals surface area contributed by atoms with Crippen molar-refractivity contribution < 1.29 is 8.95 Å². The van der Waals surface area contributed by atoms with Gasteiger partial charge >= 0.3 is 0 Å². The molecule has 0 saturated carbocycles. The van der Waals surface area contributed by atoms with Gasteiger partial charge < -0.3 is 9.64 Å². The molecule has 1 aliphatic rings. The van der Waals surface area contributed by atoms with E-state index in [0.717, 1.165) is 42.4 Å². The Balaban J connectivity index is 1.58. The summed E-state index contributed by atoms with van der Waals surface area (Å²) >= 11 is 6.08. The monoisotopic (exact) mass is 391 g/mol. The van der Waals surface area contributed by atoms with Crippen molar-refractivity contribution in [1.29, 1.82) is 0 Å². The molecule has 0 N–H and O–H groups in total. The average Bonchev–Trinajstić information content (AvgIpc) is 2.67. The molecule has 5 heteroatoms. The number of ether oxygens (including phenoxy) is 1. The maximum absolute atomic E-state index is 12.7. The van der Waals surface area contributed by atoms with Gasteiger partial charge in [0.2, 0.25) is 0 Å². The predicted octanol–water partition coefficient (Wildman–Crippen LogP) is 4.03. The van der Waals surface area contributed by atoms with Crippen molar-refractivity contribution in [1.82, 2.24) is 4.90 Å². The van der Waals surface area contributed by atoms with Gasteiger partial charge in [-0.1, -0.05) is 41.9 Å². The fraction of sp³-hybridized carbons (Fsp3) is 0.429. The number of nitrogens with zero attached hydrogens (tertiary/aromatic N) is 1. The molecule has 1 heterocycles. The van der Waals surface area contributed by atoms with E-state index in [-0.39, 0.29) is 12.0 Å². The first kappa shape index (κ1) is 19.6. The van der Waals surface area contributed by atoms with E-state index >= 15 is 0 Å². The van der Waals surface area contributed by atoms with E-state index in [2.05, 4.69) is 11.0 Å². The summed E-state index contributed by atoms with van der Waals surface area (Å²) in [5, 5.41) is 0.789. The zero-order valence-corrected chi connectivity index (χ0v) is 16.7. The smallest absolute Gasteiger partial charge is 0.0632 e. The Bertz CT molecular complexity index is 725. The quantitative estimate of drug-likeness (QED) is 0.713. The van der Waals surface area contributed by atoms with Gasteiger partial charge in [-0.15, -0.1) is 0 Å². The Morgan fingerprint density at radius 1 is 1.19 bits per heavy atom. The maximum atomic E-state index is 12.7. The van der Waals surface area contributed by atoms with Crippen LogP contribution >= 0.6 is 11.6 Å². The van der Waals surface area contributed by atoms with Gasteiger partial charge in [0, 0.05) is 48.3 Å². The van der Waals surface area contributed by atoms with Crippen molar-refractivity contribution in [3.05, 3.63) is 65.2 Å². The van der Waals surface area contributed by atoms with E-state index in [1.54, 1.807) is 7.11 Å². The molecule has 3 rings (SSSR count). The molecule has 3 nitrogen and oxygen atoms in total. The molecule has 0 bridgehead atoms. The number of piperidine rings is 1. The molecule has 0 radical (unpaired) electrons. The fourth-order valence-electron chi connectivity index (χ4n) is 3.60. The number of benzene rings is 2. The van der Waals surface area contributed by atoms with Gasteiger partial charge in [0.25, 0.3) is 0 Å². The summed E-state index contributed by atoms with van der Waals surface area (Å²) in [6, 6.07) is 17.8. The second-order valence-electron chi connectivity index (χ2n) is 6.83. The van der Waals surface area contributed by atoms with Crippen molar-refractivity contribution in [2.45, 2.75) is 23.8 Å². The zero-order chi connectivity index (χ0) is 18.4. The van der Waals surface area contributed by atoms with Crippen molar-refractivity contribution >= 4 is 22.4 Å². The van der Waals surface area contributed by atoms with E-state index < -0.39 is 10.8 Å². The molecule has 2 aromatic rings. The lowest BCUT2D eigenvalue weighted by Crippen LogP contribution is -2.46. The number of hydrogen-bond donors (Lipinski definition) is 0. The van der Waals surface area contributed by atoms with Crippen LogP contribution in [-0.4, -0.2) is 47.7 Å². The van der Waals surface area contributed by atoms with Gasteiger partial charge in [-0.25, -0.2) is 0 Å². The van der Waals surface area contributed by atoms with E-state index in [1.807, 2.05) is 48.5 Å². The van der Waals surface area contributed by atoms with Crippen LogP contribution in [0.15, 0.2) is 59.5 Å². The number of rotatable bonds is 7. The van der Waals surface area contributed by atoms with Gasteiger partial charge in [-0.2, -0.15) is 0 Å². The summed E-state index contributed by atoms with van der Waals surface area (Å²) in [5.41, 5.74) is 1.26. The van der Waals surface area contributed by atoms with E-state index in [0.29, 0.717) is 5.75 Å². The standard InChI is InChI=1S/C21H26ClNO2S/c1-25-21-11-13-23(12-10-17-6-5-7-19(22)14-17)15-18(21)16-26(24)20-8-3-2-4-9-20/h2-9,14,18,21H,10-13,15-16H2,1H3. The Morgan fingerprint density at radius 2 is 2.00 bits per heavy atom. The Kier molecular flexibility index (Phi) is 7.26. The summed E-state index contributed by atoms with van der Waals surface area (Å²) in [4.78, 5) is 3.36. The van der Waals surface area contributed by atoms with Crippen molar-refractivity contribution in [2.24, 2.45) is 5.92 Å². The summed E-state index contributed by atoms with van der Waals surface area (Å²) in [6.07, 6.45) is 2.15. The SMILES string of the molecule is COC1CCN(CCc2cccc(Cl)c2)CC1CS(=O)c1ccccc1. The molecular formula is C21H26ClNO2S. The highest BCUT2D eigenvalue weighted by Gasteiger charge is 2.30. The van der Waals surface area contributed by atoms with Crippen LogP contribution in [-0.2, 0) is 22.0 Å². The number of halogens is 1. The third-order valence-electron chi connectivity index (χ3n) is 5.03. The van der Waals surface area contributed by atoms with Crippen LogP contribution in [0.3, 0.4) is 0 Å². The van der Waals surface area contributed by atoms with Crippen LogP contribution < -0.4 is 0 Å². The summed E-state index contributed by atoms with van der Waals surface area (Å²) in [6.45, 7) is 2.94. The lowest BCUT2D eigenvalue weighted by molar-refractivity contribution is 0.00240. The minimum absolute atomic E-state index is 0.185. The fourth-order valence-corrected chi connectivity index (χ4v) is 5.18. The highest BCUT2D eigenvalue weighted by atomic mass is 35.5. The Hall–Kier alpha value is -1.20. The molecule has 1 aliphatic heterocycles. The van der Waals surface area contributed by atoms with Crippen LogP contribution in [0.5, 0.6) is 0 Å². The van der Waals surface area contributed by atoms with Gasteiger partial charge in [0.1, 0.15) is 0 Å². The first-order valence-corrected chi connectivity index (χ1v) is 10.8. The number of hydrogen-bond acceptors (Lipinski definition) is 3. The lowest BCUT2D eigenvalue weighted by atomic mass is 9.96. The van der Waals surface area contributed by atoms with Crippen LogP contribution in [0, 0.1) is 5.92 Å². The highest BCUT2D eigenvalue weighted by Crippen LogP contribution is 2.23. The third kappa shape index (κ3) is 5.40. The molecular weight excluding hydrogens is 366 g/mol. The average molecular weight is 392 g/mol. The van der Waals surface area contributed by atoms with E-state index in [4.69, 9.17) is 16.3 Å². The molecule has 3 unspecified atom stereocenters. The van der Waals surface area contributed by atoms with E-state index in [1.165, 1.54) is 5.56 Å². The van der Waals surface area contributed by atoms with E-state index in [9.17, 15) is 4.21 Å². The third-order valence-corrected chi connectivity index (χ3v) is 6.79. The van der Waals surface area contributed by atoms with Gasteiger partial charge in [0.05, 0.1) is 16.9 Å². The van der Waals surface area contributed by atoms with Crippen molar-refractivity contribution in [3.8, 4) is 0 Å². The van der Waals surface area contributed by atoms with Crippen molar-refractivity contribution in [3.63, 3.8) is 0 Å². The second kappa shape index (κ2) is 9.65. The van der Waals surface area contributed by atoms with Gasteiger partial charge in [0.15, 0.2) is 0 Å². The lowest BCUT2D eigenvalue weighted by Gasteiger charge is -2.37. The van der Waals surface area contributed by atoms with Crippen LogP contribution in [0.1, 0.15) is 12.0 Å². The van der Waals surface area contributed by atoms with Crippen LogP contribution in [0.4, 0.5) is 0 Å². The molecule has 26 heavy (non-hydrogen) atoms. The maximum Gasteiger partial charge on any atom is 0.0632 e. The van der Waals surface area contributed by atoms with Crippen molar-refractivity contribution in [2.75, 3.05) is 32.5 Å². The molecule has 0 spiro atoms. The second-order valence-corrected chi connectivity index (χ2v) is 8.76. The molecule has 0 aliphatic carbocycles. The Labute approximate surface area is 163 Å². The largest absolute Gasteiger partial charge is 0.381 e. The number of methoxy groups -OCH3 is 1. The van der Waals surface area contributed by atoms with Gasteiger partial charge in [-0.05, 0) is 42.7 Å². The molecule has 140 valence electrons. The molecule has 3 atom stereocenters. The number of likely N-dealkylation sites (tertiary alicyclic amines) is 1. The van der Waals surface area contributed by atoms with Gasteiger partial charge in [-0.3, -0.25) is 4.21 Å². The molecule has 0 amide bonds. The summed E-state index contributed by atoms with van der Waals surface area (Å²) in [5.74, 6) is 0.935. The van der Waals surface area contributed by atoms with Crippen LogP contribution in [0.2, 0.25) is 5.02 Å². The molecule has 0 aromatic heterocycles. The minimum atomic E-state index is -0.985. The van der Waals surface area contributed by atoms with Crippen LogP contribution in [0.25, 0.3) is 0 Å².